The zero-order chi connectivity index (χ0) is 21.5. The van der Waals surface area contributed by atoms with Gasteiger partial charge in [0.2, 0.25) is 21.8 Å². The molecule has 2 aliphatic carbocycles. The molecule has 2 saturated carbocycles. The third kappa shape index (κ3) is 3.99. The molecule has 0 radical (unpaired) electrons. The molecule has 1 heterocycles. The maximum absolute atomic E-state index is 13.0. The number of carbonyl (C=O) groups is 2. The number of anilines is 1. The van der Waals surface area contributed by atoms with Crippen molar-refractivity contribution in [2.24, 2.45) is 5.92 Å². The van der Waals surface area contributed by atoms with Gasteiger partial charge in [0.1, 0.15) is 0 Å². The molecule has 164 valence electrons. The van der Waals surface area contributed by atoms with E-state index in [0.29, 0.717) is 6.42 Å². The van der Waals surface area contributed by atoms with Crippen LogP contribution in [0.15, 0.2) is 23.1 Å². The van der Waals surface area contributed by atoms with Crippen LogP contribution in [0, 0.1) is 5.92 Å². The van der Waals surface area contributed by atoms with Gasteiger partial charge in [0.25, 0.3) is 0 Å². The van der Waals surface area contributed by atoms with E-state index >= 15 is 0 Å². The number of rotatable bonds is 6. The highest BCUT2D eigenvalue weighted by molar-refractivity contribution is 7.89. The maximum atomic E-state index is 13.0. The molecule has 7 nitrogen and oxygen atoms in total. The Kier molecular flexibility index (Phi) is 5.90. The summed E-state index contributed by atoms with van der Waals surface area (Å²) >= 11 is 0. The van der Waals surface area contributed by atoms with Crippen LogP contribution in [0.5, 0.6) is 0 Å². The van der Waals surface area contributed by atoms with Crippen molar-refractivity contribution in [3.05, 3.63) is 23.8 Å². The molecule has 4 rings (SSSR count). The summed E-state index contributed by atoms with van der Waals surface area (Å²) in [6.45, 7) is 1.81. The molecule has 0 aromatic heterocycles. The number of amides is 2. The van der Waals surface area contributed by atoms with E-state index in [0.717, 1.165) is 60.5 Å². The van der Waals surface area contributed by atoms with E-state index in [1.54, 1.807) is 18.2 Å². The quantitative estimate of drug-likeness (QED) is 0.747. The summed E-state index contributed by atoms with van der Waals surface area (Å²) < 4.78 is 27.2. The second-order valence-electron chi connectivity index (χ2n) is 8.99. The molecule has 30 heavy (non-hydrogen) atoms. The topological polar surface area (TPSA) is 86.8 Å². The fraction of sp³-hybridized carbons (Fsp3) is 0.636. The van der Waals surface area contributed by atoms with Gasteiger partial charge < -0.3 is 10.2 Å². The highest BCUT2D eigenvalue weighted by Crippen LogP contribution is 2.38. The third-order valence-corrected chi connectivity index (χ3v) is 8.55. The maximum Gasteiger partial charge on any atom is 0.243 e. The van der Waals surface area contributed by atoms with Crippen molar-refractivity contribution in [3.8, 4) is 0 Å². The molecule has 0 bridgehead atoms. The summed E-state index contributed by atoms with van der Waals surface area (Å²) in [5.74, 6) is -0.00448. The smallest absolute Gasteiger partial charge is 0.243 e. The summed E-state index contributed by atoms with van der Waals surface area (Å²) in [6.07, 6.45) is 7.75. The number of hydrogen-bond donors (Lipinski definition) is 1. The molecular formula is C22H31N3O4S. The van der Waals surface area contributed by atoms with Crippen LogP contribution in [0.25, 0.3) is 0 Å². The SMILES string of the molecule is C[C@H]1Cc2cc(S(=O)(=O)N(C)CC(=O)NC3CCCC3)ccc2N1C(=O)C1CCC1. The minimum Gasteiger partial charge on any atom is -0.352 e. The number of likely N-dealkylation sites (N-methyl/N-ethyl adjacent to an activating group) is 1. The van der Waals surface area contributed by atoms with Crippen molar-refractivity contribution in [2.45, 2.75) is 75.3 Å². The van der Waals surface area contributed by atoms with Crippen LogP contribution < -0.4 is 10.2 Å². The second-order valence-corrected chi connectivity index (χ2v) is 11.0. The molecule has 0 unspecified atom stereocenters. The average Bonchev–Trinajstić information content (AvgIpc) is 3.25. The van der Waals surface area contributed by atoms with E-state index in [2.05, 4.69) is 5.32 Å². The van der Waals surface area contributed by atoms with Gasteiger partial charge in [-0.2, -0.15) is 4.31 Å². The van der Waals surface area contributed by atoms with Gasteiger partial charge in [-0.15, -0.1) is 0 Å². The monoisotopic (exact) mass is 433 g/mol. The highest BCUT2D eigenvalue weighted by Gasteiger charge is 2.37. The highest BCUT2D eigenvalue weighted by atomic mass is 32.2. The Morgan fingerprint density at radius 1 is 1.13 bits per heavy atom. The van der Waals surface area contributed by atoms with Crippen LogP contribution in [0.3, 0.4) is 0 Å². The van der Waals surface area contributed by atoms with Crippen LogP contribution in [-0.4, -0.2) is 50.2 Å². The summed E-state index contributed by atoms with van der Waals surface area (Å²) in [5, 5.41) is 2.93. The predicted octanol–water partition coefficient (Wildman–Crippen LogP) is 2.44. The Hall–Kier alpha value is -1.93. The molecule has 1 N–H and O–H groups in total. The fourth-order valence-electron chi connectivity index (χ4n) is 4.77. The van der Waals surface area contributed by atoms with Crippen molar-refractivity contribution >= 4 is 27.5 Å². The molecule has 1 aromatic carbocycles. The molecule has 1 aromatic rings. The summed E-state index contributed by atoms with van der Waals surface area (Å²) in [5.41, 5.74) is 1.69. The van der Waals surface area contributed by atoms with Gasteiger partial charge in [0, 0.05) is 30.7 Å². The van der Waals surface area contributed by atoms with Gasteiger partial charge in [-0.25, -0.2) is 8.42 Å². The number of nitrogens with zero attached hydrogens (tertiary/aromatic N) is 2. The first-order valence-corrected chi connectivity index (χ1v) is 12.4. The number of benzene rings is 1. The Balaban J connectivity index is 1.47. The summed E-state index contributed by atoms with van der Waals surface area (Å²) in [7, 11) is -2.35. The van der Waals surface area contributed by atoms with Gasteiger partial charge in [0.05, 0.1) is 11.4 Å². The van der Waals surface area contributed by atoms with Crippen LogP contribution in [0.4, 0.5) is 5.69 Å². The molecule has 2 fully saturated rings. The molecule has 1 atom stereocenters. The summed E-state index contributed by atoms with van der Waals surface area (Å²) in [4.78, 5) is 27.1. The van der Waals surface area contributed by atoms with Crippen molar-refractivity contribution in [2.75, 3.05) is 18.5 Å². The van der Waals surface area contributed by atoms with E-state index in [-0.39, 0.29) is 41.3 Å². The van der Waals surface area contributed by atoms with E-state index < -0.39 is 10.0 Å². The minimum atomic E-state index is -3.79. The van der Waals surface area contributed by atoms with Crippen molar-refractivity contribution in [1.29, 1.82) is 0 Å². The number of nitrogens with one attached hydrogen (secondary N) is 1. The molecule has 8 heteroatoms. The van der Waals surface area contributed by atoms with Crippen LogP contribution in [-0.2, 0) is 26.0 Å². The molecule has 2 amide bonds. The van der Waals surface area contributed by atoms with E-state index in [9.17, 15) is 18.0 Å². The zero-order valence-corrected chi connectivity index (χ0v) is 18.6. The Bertz CT molecular complexity index is 936. The lowest BCUT2D eigenvalue weighted by molar-refractivity contribution is -0.125. The number of sulfonamides is 1. The first-order valence-electron chi connectivity index (χ1n) is 11.0. The van der Waals surface area contributed by atoms with E-state index in [1.165, 1.54) is 7.05 Å². The van der Waals surface area contributed by atoms with Gasteiger partial charge >= 0.3 is 0 Å². The van der Waals surface area contributed by atoms with Crippen molar-refractivity contribution < 1.29 is 18.0 Å². The number of carbonyl (C=O) groups excluding carboxylic acids is 2. The minimum absolute atomic E-state index is 0.0287. The first-order chi connectivity index (χ1) is 14.3. The Morgan fingerprint density at radius 2 is 1.83 bits per heavy atom. The second kappa shape index (κ2) is 8.30. The molecule has 0 saturated heterocycles. The normalized spacial score (nSPS) is 22.2. The Morgan fingerprint density at radius 3 is 2.47 bits per heavy atom. The van der Waals surface area contributed by atoms with Crippen molar-refractivity contribution in [3.63, 3.8) is 0 Å². The lowest BCUT2D eigenvalue weighted by Crippen LogP contribution is -2.42. The molecular weight excluding hydrogens is 402 g/mol. The standard InChI is InChI=1S/C22H31N3O4S/c1-15-12-17-13-19(10-11-20(17)25(15)22(27)16-6-5-7-16)30(28,29)24(2)14-21(26)23-18-8-3-4-9-18/h10-11,13,15-16,18H,3-9,12,14H2,1-2H3,(H,23,26)/t15-/m0/s1. The lowest BCUT2D eigenvalue weighted by atomic mass is 9.84. The Labute approximate surface area is 178 Å². The summed E-state index contributed by atoms with van der Waals surface area (Å²) in [6, 6.07) is 5.16. The van der Waals surface area contributed by atoms with Gasteiger partial charge in [-0.1, -0.05) is 19.3 Å². The van der Waals surface area contributed by atoms with Crippen LogP contribution in [0.2, 0.25) is 0 Å². The zero-order valence-electron chi connectivity index (χ0n) is 17.8. The van der Waals surface area contributed by atoms with Gasteiger partial charge in [-0.3, -0.25) is 9.59 Å². The van der Waals surface area contributed by atoms with Gasteiger partial charge in [-0.05, 0) is 62.8 Å². The fourth-order valence-corrected chi connectivity index (χ4v) is 5.94. The molecule has 1 aliphatic heterocycles. The van der Waals surface area contributed by atoms with Crippen LogP contribution >= 0.6 is 0 Å². The first kappa shape index (κ1) is 21.3. The number of fused-ring (bicyclic) bond motifs is 1. The van der Waals surface area contributed by atoms with Crippen LogP contribution in [0.1, 0.15) is 57.4 Å². The van der Waals surface area contributed by atoms with Gasteiger partial charge in [0.15, 0.2) is 0 Å². The lowest BCUT2D eigenvalue weighted by Gasteiger charge is -2.32. The predicted molar refractivity (Wildman–Crippen MR) is 115 cm³/mol. The largest absolute Gasteiger partial charge is 0.352 e. The molecule has 0 spiro atoms. The van der Waals surface area contributed by atoms with E-state index in [4.69, 9.17) is 0 Å². The van der Waals surface area contributed by atoms with E-state index in [1.807, 2.05) is 11.8 Å². The average molecular weight is 434 g/mol. The number of hydrogen-bond acceptors (Lipinski definition) is 4. The third-order valence-electron chi connectivity index (χ3n) is 6.75. The molecule has 3 aliphatic rings. The van der Waals surface area contributed by atoms with Crippen molar-refractivity contribution in [1.82, 2.24) is 9.62 Å².